The monoisotopic (exact) mass is 416 g/mol. The SMILES string of the molecule is CC(CO)(c1ccccc1)C1c2c(ccc3ccccc23)Oc2ccc3ccccc3c21. The van der Waals surface area contributed by atoms with Gasteiger partial charge in [0.25, 0.3) is 0 Å². The van der Waals surface area contributed by atoms with Crippen molar-refractivity contribution >= 4 is 21.5 Å². The van der Waals surface area contributed by atoms with Gasteiger partial charge in [-0.2, -0.15) is 0 Å². The summed E-state index contributed by atoms with van der Waals surface area (Å²) in [5.74, 6) is 1.66. The van der Waals surface area contributed by atoms with Crippen LogP contribution in [0.2, 0.25) is 0 Å². The van der Waals surface area contributed by atoms with Gasteiger partial charge in [-0.25, -0.2) is 0 Å². The van der Waals surface area contributed by atoms with E-state index in [2.05, 4.69) is 104 Å². The first-order chi connectivity index (χ1) is 15.7. The van der Waals surface area contributed by atoms with E-state index in [0.29, 0.717) is 0 Å². The fraction of sp³-hybridized carbons (Fsp3) is 0.133. The van der Waals surface area contributed by atoms with E-state index in [-0.39, 0.29) is 12.5 Å². The molecule has 156 valence electrons. The van der Waals surface area contributed by atoms with Crippen LogP contribution in [0.5, 0.6) is 11.5 Å². The molecular weight excluding hydrogens is 392 g/mol. The zero-order chi connectivity index (χ0) is 21.7. The van der Waals surface area contributed by atoms with E-state index in [0.717, 1.165) is 28.2 Å². The summed E-state index contributed by atoms with van der Waals surface area (Å²) in [5, 5.41) is 15.6. The highest BCUT2D eigenvalue weighted by Gasteiger charge is 2.44. The Bertz CT molecular complexity index is 1370. The quantitative estimate of drug-likeness (QED) is 0.337. The third-order valence-corrected chi connectivity index (χ3v) is 7.06. The van der Waals surface area contributed by atoms with Crippen LogP contribution in [0.4, 0.5) is 0 Å². The van der Waals surface area contributed by atoms with Crippen molar-refractivity contribution in [1.29, 1.82) is 0 Å². The first kappa shape index (κ1) is 19.1. The number of fused-ring (bicyclic) bond motifs is 6. The second kappa shape index (κ2) is 7.22. The summed E-state index contributed by atoms with van der Waals surface area (Å²) in [6.45, 7) is 2.20. The van der Waals surface area contributed by atoms with Crippen LogP contribution in [0.3, 0.4) is 0 Å². The van der Waals surface area contributed by atoms with Gasteiger partial charge < -0.3 is 9.84 Å². The van der Waals surface area contributed by atoms with E-state index < -0.39 is 5.41 Å². The molecule has 0 fully saturated rings. The van der Waals surface area contributed by atoms with Crippen molar-refractivity contribution in [2.75, 3.05) is 6.61 Å². The minimum Gasteiger partial charge on any atom is -0.457 e. The van der Waals surface area contributed by atoms with Crippen molar-refractivity contribution in [1.82, 2.24) is 0 Å². The van der Waals surface area contributed by atoms with Gasteiger partial charge in [0, 0.05) is 22.5 Å². The first-order valence-electron chi connectivity index (χ1n) is 11.1. The molecular formula is C30H24O2. The lowest BCUT2D eigenvalue weighted by molar-refractivity contribution is 0.187. The molecule has 6 rings (SSSR count). The van der Waals surface area contributed by atoms with Gasteiger partial charge >= 0.3 is 0 Å². The Morgan fingerprint density at radius 2 is 1.16 bits per heavy atom. The van der Waals surface area contributed by atoms with Gasteiger partial charge in [-0.05, 0) is 39.2 Å². The van der Waals surface area contributed by atoms with Crippen LogP contribution >= 0.6 is 0 Å². The average molecular weight is 417 g/mol. The van der Waals surface area contributed by atoms with Crippen LogP contribution in [-0.2, 0) is 5.41 Å². The Morgan fingerprint density at radius 1 is 0.656 bits per heavy atom. The average Bonchev–Trinajstić information content (AvgIpc) is 2.87. The zero-order valence-corrected chi connectivity index (χ0v) is 18.0. The number of aliphatic hydroxyl groups excluding tert-OH is 1. The van der Waals surface area contributed by atoms with Crippen molar-refractivity contribution < 1.29 is 9.84 Å². The summed E-state index contributed by atoms with van der Waals surface area (Å²) in [5.41, 5.74) is 2.87. The Morgan fingerprint density at radius 3 is 1.69 bits per heavy atom. The topological polar surface area (TPSA) is 29.5 Å². The third kappa shape index (κ3) is 2.70. The molecule has 0 aromatic heterocycles. The molecule has 5 aromatic carbocycles. The zero-order valence-electron chi connectivity index (χ0n) is 18.0. The second-order valence-corrected chi connectivity index (χ2v) is 8.87. The molecule has 1 unspecified atom stereocenters. The summed E-state index contributed by atoms with van der Waals surface area (Å²) in [6, 6.07) is 35.7. The summed E-state index contributed by atoms with van der Waals surface area (Å²) in [4.78, 5) is 0. The van der Waals surface area contributed by atoms with E-state index >= 15 is 0 Å². The minimum atomic E-state index is -0.539. The van der Waals surface area contributed by atoms with E-state index in [4.69, 9.17) is 4.74 Å². The van der Waals surface area contributed by atoms with Gasteiger partial charge in [0.15, 0.2) is 0 Å². The summed E-state index contributed by atoms with van der Waals surface area (Å²) >= 11 is 0. The number of rotatable bonds is 3. The smallest absolute Gasteiger partial charge is 0.131 e. The van der Waals surface area contributed by atoms with Crippen LogP contribution in [-0.4, -0.2) is 11.7 Å². The van der Waals surface area contributed by atoms with Crippen molar-refractivity contribution in [3.05, 3.63) is 120 Å². The molecule has 2 nitrogen and oxygen atoms in total. The van der Waals surface area contributed by atoms with Crippen LogP contribution in [0.1, 0.15) is 29.5 Å². The molecule has 0 spiro atoms. The van der Waals surface area contributed by atoms with Crippen LogP contribution in [0, 0.1) is 0 Å². The molecule has 1 N–H and O–H groups in total. The normalized spacial score (nSPS) is 15.1. The molecule has 0 saturated carbocycles. The summed E-state index contributed by atoms with van der Waals surface area (Å²) in [6.07, 6.45) is 0. The number of ether oxygens (including phenoxy) is 1. The largest absolute Gasteiger partial charge is 0.457 e. The highest BCUT2D eigenvalue weighted by Crippen LogP contribution is 2.56. The fourth-order valence-electron chi connectivity index (χ4n) is 5.39. The van der Waals surface area contributed by atoms with Gasteiger partial charge in [-0.3, -0.25) is 0 Å². The number of aliphatic hydroxyl groups is 1. The molecule has 2 heteroatoms. The van der Waals surface area contributed by atoms with Crippen LogP contribution in [0.25, 0.3) is 21.5 Å². The number of hydrogen-bond acceptors (Lipinski definition) is 2. The molecule has 1 aliphatic heterocycles. The van der Waals surface area contributed by atoms with Gasteiger partial charge in [0.1, 0.15) is 11.5 Å². The molecule has 1 aliphatic rings. The highest BCUT2D eigenvalue weighted by atomic mass is 16.5. The third-order valence-electron chi connectivity index (χ3n) is 7.06. The van der Waals surface area contributed by atoms with E-state index in [1.165, 1.54) is 21.5 Å². The standard InChI is InChI=1S/C30H24O2/c1-30(19-31,22-11-3-2-4-12-22)29-27-23-13-7-5-9-20(23)15-17-25(27)32-26-18-16-21-10-6-8-14-24(21)28(26)29/h2-18,29,31H,19H2,1H3. The molecule has 0 aliphatic carbocycles. The summed E-state index contributed by atoms with van der Waals surface area (Å²) < 4.78 is 6.52. The predicted molar refractivity (Wildman–Crippen MR) is 131 cm³/mol. The van der Waals surface area contributed by atoms with Gasteiger partial charge in [-0.1, -0.05) is 97.9 Å². The lowest BCUT2D eigenvalue weighted by Gasteiger charge is -2.42. The van der Waals surface area contributed by atoms with E-state index in [1.807, 2.05) is 6.07 Å². The van der Waals surface area contributed by atoms with Crippen LogP contribution in [0.15, 0.2) is 103 Å². The number of benzene rings is 5. The highest BCUT2D eigenvalue weighted by molar-refractivity contribution is 5.94. The maximum Gasteiger partial charge on any atom is 0.131 e. The van der Waals surface area contributed by atoms with Crippen molar-refractivity contribution in [2.24, 2.45) is 0 Å². The van der Waals surface area contributed by atoms with Crippen molar-refractivity contribution in [3.63, 3.8) is 0 Å². The molecule has 32 heavy (non-hydrogen) atoms. The van der Waals surface area contributed by atoms with E-state index in [9.17, 15) is 5.11 Å². The molecule has 5 aromatic rings. The van der Waals surface area contributed by atoms with Crippen molar-refractivity contribution in [3.8, 4) is 11.5 Å². The molecule has 1 atom stereocenters. The Balaban J connectivity index is 1.76. The minimum absolute atomic E-state index is 0.0208. The fourth-order valence-corrected chi connectivity index (χ4v) is 5.39. The maximum atomic E-state index is 10.9. The van der Waals surface area contributed by atoms with Gasteiger partial charge in [-0.15, -0.1) is 0 Å². The molecule has 0 radical (unpaired) electrons. The molecule has 1 heterocycles. The molecule has 0 bridgehead atoms. The Hall–Kier alpha value is -3.62. The first-order valence-corrected chi connectivity index (χ1v) is 11.1. The lowest BCUT2D eigenvalue weighted by Crippen LogP contribution is -2.37. The van der Waals surface area contributed by atoms with E-state index in [1.54, 1.807) is 0 Å². The van der Waals surface area contributed by atoms with Gasteiger partial charge in [0.2, 0.25) is 0 Å². The second-order valence-electron chi connectivity index (χ2n) is 8.87. The molecule has 0 amide bonds. The van der Waals surface area contributed by atoms with Crippen molar-refractivity contribution in [2.45, 2.75) is 18.3 Å². The Kier molecular flexibility index (Phi) is 4.31. The molecule has 0 saturated heterocycles. The van der Waals surface area contributed by atoms with Crippen LogP contribution < -0.4 is 4.74 Å². The predicted octanol–water partition coefficient (Wildman–Crippen LogP) is 7.18. The maximum absolute atomic E-state index is 10.9. The van der Waals surface area contributed by atoms with Gasteiger partial charge in [0.05, 0.1) is 6.61 Å². The number of hydrogen-bond donors (Lipinski definition) is 1. The lowest BCUT2D eigenvalue weighted by atomic mass is 9.64. The summed E-state index contributed by atoms with van der Waals surface area (Å²) in [7, 11) is 0. The Labute approximate surface area is 187 Å².